The zero-order chi connectivity index (χ0) is 16.4. The quantitative estimate of drug-likeness (QED) is 0.737. The number of fused-ring (bicyclic) bond motifs is 5. The number of allylic oxidation sites excluding steroid dienone is 1. The van der Waals surface area contributed by atoms with Crippen molar-refractivity contribution in [2.24, 2.45) is 0 Å². The van der Waals surface area contributed by atoms with E-state index in [0.717, 1.165) is 5.56 Å². The van der Waals surface area contributed by atoms with Gasteiger partial charge in [0.05, 0.1) is 18.1 Å². The first-order valence-corrected chi connectivity index (χ1v) is 8.04. The lowest BCUT2D eigenvalue weighted by Crippen LogP contribution is -2.39. The fraction of sp³-hybridized carbons (Fsp3) is 0.158. The van der Waals surface area contributed by atoms with Gasteiger partial charge in [-0.2, -0.15) is 0 Å². The minimum absolute atomic E-state index is 0.124. The predicted octanol–water partition coefficient (Wildman–Crippen LogP) is 3.55. The third kappa shape index (κ3) is 1.69. The van der Waals surface area contributed by atoms with Crippen LogP contribution in [-0.4, -0.2) is 24.3 Å². The molecule has 0 saturated carbocycles. The van der Waals surface area contributed by atoms with E-state index < -0.39 is 6.10 Å². The molecule has 5 rings (SSSR count). The lowest BCUT2D eigenvalue weighted by molar-refractivity contribution is 0.0697. The maximum Gasteiger partial charge on any atom is 0.228 e. The number of rotatable bonds is 0. The molecule has 3 aliphatic rings. The van der Waals surface area contributed by atoms with Crippen molar-refractivity contribution in [2.45, 2.75) is 12.0 Å². The summed E-state index contributed by atoms with van der Waals surface area (Å²) in [6.07, 6.45) is -0.507. The molecule has 0 radical (unpaired) electrons. The Hall–Kier alpha value is -2.59. The first-order valence-electron chi connectivity index (χ1n) is 7.66. The Balaban J connectivity index is 1.66. The van der Waals surface area contributed by atoms with Gasteiger partial charge in [-0.3, -0.25) is 9.59 Å². The molecule has 2 aromatic carbocycles. The number of hydrogen-bond acceptors (Lipinski definition) is 4. The largest absolute Gasteiger partial charge is 0.488 e. The molecule has 24 heavy (non-hydrogen) atoms. The molecule has 4 nitrogen and oxygen atoms in total. The summed E-state index contributed by atoms with van der Waals surface area (Å²) in [5.41, 5.74) is 2.03. The summed E-state index contributed by atoms with van der Waals surface area (Å²) >= 11 is 6.08. The van der Waals surface area contributed by atoms with Gasteiger partial charge in [0.2, 0.25) is 5.78 Å². The number of carbonyl (C=O) groups is 2. The monoisotopic (exact) mass is 338 g/mol. The van der Waals surface area contributed by atoms with Crippen molar-refractivity contribution in [2.75, 3.05) is 6.61 Å². The molecule has 0 amide bonds. The first kappa shape index (κ1) is 13.8. The van der Waals surface area contributed by atoms with Gasteiger partial charge in [-0.25, -0.2) is 0 Å². The molecule has 2 aliphatic heterocycles. The molecule has 2 aromatic rings. The summed E-state index contributed by atoms with van der Waals surface area (Å²) in [6, 6.07) is 12.2. The van der Waals surface area contributed by atoms with Crippen molar-refractivity contribution >= 4 is 23.2 Å². The Kier molecular flexibility index (Phi) is 2.71. The van der Waals surface area contributed by atoms with E-state index in [0.29, 0.717) is 27.5 Å². The van der Waals surface area contributed by atoms with Crippen molar-refractivity contribution < 1.29 is 19.1 Å². The number of halogens is 1. The highest BCUT2D eigenvalue weighted by atomic mass is 35.5. The van der Waals surface area contributed by atoms with E-state index in [1.54, 1.807) is 36.4 Å². The van der Waals surface area contributed by atoms with Gasteiger partial charge < -0.3 is 9.47 Å². The highest BCUT2D eigenvalue weighted by Crippen LogP contribution is 2.47. The van der Waals surface area contributed by atoms with Crippen molar-refractivity contribution in [3.05, 3.63) is 75.5 Å². The zero-order valence-corrected chi connectivity index (χ0v) is 13.2. The maximum absolute atomic E-state index is 13.0. The van der Waals surface area contributed by atoms with Crippen LogP contribution in [0.1, 0.15) is 32.2 Å². The van der Waals surface area contributed by atoms with E-state index in [4.69, 9.17) is 21.1 Å². The van der Waals surface area contributed by atoms with Gasteiger partial charge in [-0.1, -0.05) is 35.9 Å². The van der Waals surface area contributed by atoms with Crippen LogP contribution in [0.25, 0.3) is 0 Å². The molecule has 1 aliphatic carbocycles. The van der Waals surface area contributed by atoms with Gasteiger partial charge in [0.25, 0.3) is 0 Å². The molecule has 0 bridgehead atoms. The molecule has 0 aromatic heterocycles. The van der Waals surface area contributed by atoms with Crippen molar-refractivity contribution in [1.29, 1.82) is 0 Å². The van der Waals surface area contributed by atoms with E-state index in [1.165, 1.54) is 0 Å². The third-order valence-electron chi connectivity index (χ3n) is 4.79. The predicted molar refractivity (Wildman–Crippen MR) is 86.7 cm³/mol. The highest BCUT2D eigenvalue weighted by Gasteiger charge is 2.48. The average Bonchev–Trinajstić information content (AvgIpc) is 2.97. The number of hydrogen-bond donors (Lipinski definition) is 0. The molecule has 0 fully saturated rings. The second kappa shape index (κ2) is 4.71. The van der Waals surface area contributed by atoms with Crippen LogP contribution in [0, 0.1) is 0 Å². The molecule has 2 heterocycles. The van der Waals surface area contributed by atoms with Crippen LogP contribution < -0.4 is 4.74 Å². The van der Waals surface area contributed by atoms with E-state index in [-0.39, 0.29) is 29.9 Å². The Morgan fingerprint density at radius 2 is 1.75 bits per heavy atom. The lowest BCUT2D eigenvalue weighted by atomic mass is 9.80. The van der Waals surface area contributed by atoms with E-state index in [2.05, 4.69) is 0 Å². The summed E-state index contributed by atoms with van der Waals surface area (Å²) in [5.74, 6) is 0.217. The molecule has 0 saturated heterocycles. The molecule has 5 heteroatoms. The molecule has 0 N–H and O–H groups in total. The van der Waals surface area contributed by atoms with Gasteiger partial charge >= 0.3 is 0 Å². The number of benzene rings is 2. The van der Waals surface area contributed by atoms with Gasteiger partial charge in [-0.05, 0) is 18.2 Å². The van der Waals surface area contributed by atoms with Gasteiger partial charge in [0.15, 0.2) is 11.5 Å². The maximum atomic E-state index is 13.0. The number of ketones is 2. The van der Waals surface area contributed by atoms with Crippen LogP contribution in [0.15, 0.2) is 53.8 Å². The summed E-state index contributed by atoms with van der Waals surface area (Å²) in [4.78, 5) is 25.7. The van der Waals surface area contributed by atoms with Crippen LogP contribution in [0.3, 0.4) is 0 Å². The fourth-order valence-corrected chi connectivity index (χ4v) is 3.86. The van der Waals surface area contributed by atoms with Crippen LogP contribution in [0.2, 0.25) is 5.02 Å². The SMILES string of the molecule is O=C1C2=C(C(=O)c3ccccc31)[C@@H]1Oc3ccc(Cl)cc3[C@@H]1CO2. The smallest absolute Gasteiger partial charge is 0.228 e. The van der Waals surface area contributed by atoms with E-state index >= 15 is 0 Å². The standard InChI is InChI=1S/C19H11ClO4/c20-9-5-6-14-12(7-9)13-8-23-19-15(18(13)24-14)16(21)10-3-1-2-4-11(10)17(19)22/h1-7,13,18H,8H2/t13-,18+/m0/s1. The summed E-state index contributed by atoms with van der Waals surface area (Å²) in [7, 11) is 0. The third-order valence-corrected chi connectivity index (χ3v) is 5.03. The summed E-state index contributed by atoms with van der Waals surface area (Å²) in [5, 5.41) is 0.606. The van der Waals surface area contributed by atoms with Crippen LogP contribution >= 0.6 is 11.6 Å². The second-order valence-corrected chi connectivity index (χ2v) is 6.52. The first-order chi connectivity index (χ1) is 11.6. The highest BCUT2D eigenvalue weighted by molar-refractivity contribution is 6.30. The molecule has 0 unspecified atom stereocenters. The zero-order valence-electron chi connectivity index (χ0n) is 12.4. The Labute approximate surface area is 142 Å². The number of carbonyl (C=O) groups excluding carboxylic acids is 2. The van der Waals surface area contributed by atoms with Crippen LogP contribution in [0.5, 0.6) is 5.75 Å². The molecule has 118 valence electrons. The van der Waals surface area contributed by atoms with Crippen LogP contribution in [-0.2, 0) is 4.74 Å². The van der Waals surface area contributed by atoms with E-state index in [1.807, 2.05) is 6.07 Å². The minimum atomic E-state index is -0.507. The molecule has 2 atom stereocenters. The van der Waals surface area contributed by atoms with Crippen molar-refractivity contribution in [3.8, 4) is 5.75 Å². The van der Waals surface area contributed by atoms with E-state index in [9.17, 15) is 9.59 Å². The van der Waals surface area contributed by atoms with Gasteiger partial charge in [0.1, 0.15) is 11.9 Å². The topological polar surface area (TPSA) is 52.6 Å². The van der Waals surface area contributed by atoms with Crippen molar-refractivity contribution in [3.63, 3.8) is 0 Å². The Morgan fingerprint density at radius 3 is 2.54 bits per heavy atom. The molecule has 0 spiro atoms. The fourth-order valence-electron chi connectivity index (χ4n) is 3.68. The number of ether oxygens (including phenoxy) is 2. The summed E-state index contributed by atoms with van der Waals surface area (Å²) < 4.78 is 11.7. The molecular formula is C19H11ClO4. The van der Waals surface area contributed by atoms with Crippen LogP contribution in [0.4, 0.5) is 0 Å². The normalized spacial score (nSPS) is 23.7. The van der Waals surface area contributed by atoms with Gasteiger partial charge in [0, 0.05) is 21.7 Å². The summed E-state index contributed by atoms with van der Waals surface area (Å²) in [6.45, 7) is 0.290. The van der Waals surface area contributed by atoms with Crippen molar-refractivity contribution in [1.82, 2.24) is 0 Å². The molecular weight excluding hydrogens is 328 g/mol. The minimum Gasteiger partial charge on any atom is -0.488 e. The Morgan fingerprint density at radius 1 is 1.00 bits per heavy atom. The average molecular weight is 339 g/mol. The lowest BCUT2D eigenvalue weighted by Gasteiger charge is -2.31. The van der Waals surface area contributed by atoms with Gasteiger partial charge in [-0.15, -0.1) is 0 Å². The Bertz CT molecular complexity index is 960. The number of Topliss-reactive ketones (excluding diaryl/α,β-unsaturated/α-hetero) is 2. The second-order valence-electron chi connectivity index (χ2n) is 6.08.